The second kappa shape index (κ2) is 9.57. The Bertz CT molecular complexity index is 2070. The fraction of sp³-hybridized carbons (Fsp3) is 0.222. The number of hydrogen-bond donors (Lipinski definition) is 1. The van der Waals surface area contributed by atoms with Crippen LogP contribution in [0.15, 0.2) is 53.6 Å². The first-order chi connectivity index (χ1) is 19.4. The predicted molar refractivity (Wildman–Crippen MR) is 140 cm³/mol. The number of benzene rings is 2. The zero-order valence-electron chi connectivity index (χ0n) is 20.8. The van der Waals surface area contributed by atoms with Crippen LogP contribution in [0.25, 0.3) is 44.0 Å². The Morgan fingerprint density at radius 2 is 1.85 bits per heavy atom. The van der Waals surface area contributed by atoms with Crippen molar-refractivity contribution in [2.75, 3.05) is 13.2 Å². The molecule has 1 aliphatic heterocycles. The van der Waals surface area contributed by atoms with Gasteiger partial charge in [-0.1, -0.05) is 9.95 Å². The number of alkyl halides is 3. The predicted octanol–water partition coefficient (Wildman–Crippen LogP) is 5.53. The standard InChI is InChI=1S/C27H18F4N4O5S/c28-27(29,30)21-9-20-23(10-19(21)15-8-17(13-33-12-15)40-41(31,37)38)35(16-3-5-39-6-4-16)26-24(25(20)36)18-2-1-14(11-32)7-22(18)34-26/h1-2,7-10,12-13,16,34H,3-6H2. The molecule has 0 aliphatic carbocycles. The molecule has 14 heteroatoms. The molecule has 2 aromatic carbocycles. The summed E-state index contributed by atoms with van der Waals surface area (Å²) in [6, 6.07) is 9.35. The highest BCUT2D eigenvalue weighted by Gasteiger charge is 2.36. The van der Waals surface area contributed by atoms with Crippen molar-refractivity contribution in [1.29, 1.82) is 5.26 Å². The second-order valence-corrected chi connectivity index (χ2v) is 10.5. The number of rotatable bonds is 4. The van der Waals surface area contributed by atoms with E-state index in [1.54, 1.807) is 16.7 Å². The van der Waals surface area contributed by atoms with Crippen LogP contribution in [-0.4, -0.2) is 36.2 Å². The molecule has 210 valence electrons. The Morgan fingerprint density at radius 1 is 1.10 bits per heavy atom. The summed E-state index contributed by atoms with van der Waals surface area (Å²) in [6.07, 6.45) is -2.01. The van der Waals surface area contributed by atoms with Crippen molar-refractivity contribution in [3.05, 3.63) is 70.1 Å². The van der Waals surface area contributed by atoms with Crippen molar-refractivity contribution in [1.82, 2.24) is 14.5 Å². The molecule has 0 saturated carbocycles. The van der Waals surface area contributed by atoms with Crippen LogP contribution in [0.3, 0.4) is 0 Å². The van der Waals surface area contributed by atoms with Gasteiger partial charge in [-0.05, 0) is 48.7 Å². The van der Waals surface area contributed by atoms with Gasteiger partial charge in [-0.3, -0.25) is 9.78 Å². The zero-order chi connectivity index (χ0) is 29.1. The maximum atomic E-state index is 14.4. The number of H-pyrrole nitrogens is 1. The number of hydrogen-bond acceptors (Lipinski definition) is 7. The first-order valence-corrected chi connectivity index (χ1v) is 13.6. The number of pyridine rings is 2. The van der Waals surface area contributed by atoms with Crippen molar-refractivity contribution < 1.29 is 34.4 Å². The van der Waals surface area contributed by atoms with E-state index in [9.17, 15) is 35.5 Å². The van der Waals surface area contributed by atoms with Gasteiger partial charge in [-0.25, -0.2) is 0 Å². The Hall–Kier alpha value is -4.48. The minimum absolute atomic E-state index is 0.183. The molecule has 41 heavy (non-hydrogen) atoms. The molecule has 5 aromatic rings. The molecule has 1 fully saturated rings. The molecule has 1 aliphatic rings. The number of aromatic nitrogens is 3. The van der Waals surface area contributed by atoms with Crippen molar-refractivity contribution in [2.24, 2.45) is 0 Å². The lowest BCUT2D eigenvalue weighted by Gasteiger charge is -2.28. The fourth-order valence-electron chi connectivity index (χ4n) is 5.41. The average molecular weight is 587 g/mol. The highest BCUT2D eigenvalue weighted by atomic mass is 32.3. The van der Waals surface area contributed by atoms with E-state index >= 15 is 0 Å². The highest BCUT2D eigenvalue weighted by molar-refractivity contribution is 7.81. The van der Waals surface area contributed by atoms with Gasteiger partial charge < -0.3 is 18.5 Å². The third kappa shape index (κ3) is 4.76. The molecule has 0 bridgehead atoms. The summed E-state index contributed by atoms with van der Waals surface area (Å²) in [5.74, 6) is -0.626. The van der Waals surface area contributed by atoms with Crippen LogP contribution in [-0.2, 0) is 21.4 Å². The van der Waals surface area contributed by atoms with Crippen molar-refractivity contribution in [3.8, 4) is 22.9 Å². The maximum absolute atomic E-state index is 14.4. The molecule has 0 atom stereocenters. The third-order valence-electron chi connectivity index (χ3n) is 7.10. The fourth-order valence-corrected chi connectivity index (χ4v) is 5.73. The molecule has 0 unspecified atom stereocenters. The first kappa shape index (κ1) is 26.7. The summed E-state index contributed by atoms with van der Waals surface area (Å²) in [7, 11) is -5.46. The smallest absolute Gasteiger partial charge is 0.381 e. The molecular weight excluding hydrogens is 568 g/mol. The van der Waals surface area contributed by atoms with E-state index in [0.717, 1.165) is 24.5 Å². The quantitative estimate of drug-likeness (QED) is 0.217. The lowest BCUT2D eigenvalue weighted by molar-refractivity contribution is -0.137. The average Bonchev–Trinajstić information content (AvgIpc) is 3.30. The van der Waals surface area contributed by atoms with Gasteiger partial charge in [0.1, 0.15) is 5.65 Å². The molecule has 4 heterocycles. The largest absolute Gasteiger partial charge is 0.488 e. The van der Waals surface area contributed by atoms with E-state index in [4.69, 9.17) is 4.74 Å². The van der Waals surface area contributed by atoms with Gasteiger partial charge in [0.2, 0.25) is 0 Å². The number of fused-ring (bicyclic) bond motifs is 4. The van der Waals surface area contributed by atoms with Gasteiger partial charge in [-0.2, -0.15) is 26.9 Å². The Morgan fingerprint density at radius 3 is 2.54 bits per heavy atom. The number of halogens is 4. The van der Waals surface area contributed by atoms with Crippen molar-refractivity contribution in [3.63, 3.8) is 0 Å². The topological polar surface area (TPSA) is 127 Å². The Kier molecular flexibility index (Phi) is 6.24. The van der Waals surface area contributed by atoms with Crippen molar-refractivity contribution in [2.45, 2.75) is 25.1 Å². The van der Waals surface area contributed by atoms with Crippen LogP contribution in [0.5, 0.6) is 5.75 Å². The Balaban J connectivity index is 1.74. The molecule has 0 radical (unpaired) electrons. The van der Waals surface area contributed by atoms with Gasteiger partial charge in [0, 0.05) is 47.3 Å². The van der Waals surface area contributed by atoms with Gasteiger partial charge in [0.15, 0.2) is 11.2 Å². The molecule has 6 rings (SSSR count). The molecule has 0 amide bonds. The number of ether oxygens (including phenoxy) is 1. The van der Waals surface area contributed by atoms with E-state index in [1.165, 1.54) is 12.1 Å². The first-order valence-electron chi connectivity index (χ1n) is 12.3. The number of aromatic amines is 1. The number of nitriles is 1. The number of nitrogens with one attached hydrogen (secondary N) is 1. The van der Waals surface area contributed by atoms with Gasteiger partial charge in [-0.15, -0.1) is 0 Å². The van der Waals surface area contributed by atoms with E-state index in [-0.39, 0.29) is 27.9 Å². The molecule has 1 saturated heterocycles. The lowest BCUT2D eigenvalue weighted by Crippen LogP contribution is -2.23. The summed E-state index contributed by atoms with van der Waals surface area (Å²) in [6.45, 7) is 0.792. The monoisotopic (exact) mass is 586 g/mol. The highest BCUT2D eigenvalue weighted by Crippen LogP contribution is 2.42. The van der Waals surface area contributed by atoms with Crippen LogP contribution in [0.2, 0.25) is 0 Å². The van der Waals surface area contributed by atoms with Gasteiger partial charge in [0.25, 0.3) is 0 Å². The molecular formula is C27H18F4N4O5S. The van der Waals surface area contributed by atoms with Crippen molar-refractivity contribution >= 4 is 43.3 Å². The van der Waals surface area contributed by atoms with E-state index in [1.807, 2.05) is 6.07 Å². The maximum Gasteiger partial charge on any atom is 0.488 e. The van der Waals surface area contributed by atoms with Crippen LogP contribution >= 0.6 is 0 Å². The summed E-state index contributed by atoms with van der Waals surface area (Å²) >= 11 is 0. The SMILES string of the molecule is N#Cc1ccc2c(c1)[nH]c1c2c(=O)c2cc(C(F)(F)F)c(-c3cncc(OS(=O)(=O)F)c3)cc2n1C1CCOCC1. The van der Waals surface area contributed by atoms with Gasteiger partial charge >= 0.3 is 16.7 Å². The van der Waals surface area contributed by atoms with Crippen LogP contribution < -0.4 is 9.61 Å². The minimum Gasteiger partial charge on any atom is -0.381 e. The minimum atomic E-state index is -5.46. The lowest BCUT2D eigenvalue weighted by atomic mass is 9.96. The van der Waals surface area contributed by atoms with E-state index in [2.05, 4.69) is 14.2 Å². The zero-order valence-corrected chi connectivity index (χ0v) is 21.6. The summed E-state index contributed by atoms with van der Waals surface area (Å²) < 4.78 is 89.9. The molecule has 9 nitrogen and oxygen atoms in total. The molecule has 1 N–H and O–H groups in total. The molecule has 0 spiro atoms. The van der Waals surface area contributed by atoms with Crippen LogP contribution in [0.1, 0.15) is 30.0 Å². The van der Waals surface area contributed by atoms with E-state index in [0.29, 0.717) is 48.2 Å². The van der Waals surface area contributed by atoms with Gasteiger partial charge in [0.05, 0.1) is 34.3 Å². The van der Waals surface area contributed by atoms with Crippen LogP contribution in [0, 0.1) is 11.3 Å². The second-order valence-electron chi connectivity index (χ2n) is 9.56. The normalized spacial score (nSPS) is 15.0. The summed E-state index contributed by atoms with van der Waals surface area (Å²) in [5.41, 5.74) is -1.05. The Labute approximate surface area is 229 Å². The van der Waals surface area contributed by atoms with E-state index < -0.39 is 39.0 Å². The summed E-state index contributed by atoms with van der Waals surface area (Å²) in [5, 5.41) is 9.82. The third-order valence-corrected chi connectivity index (χ3v) is 7.49. The number of nitrogens with zero attached hydrogens (tertiary/aromatic N) is 3. The van der Waals surface area contributed by atoms with Crippen LogP contribution in [0.4, 0.5) is 17.1 Å². The summed E-state index contributed by atoms with van der Waals surface area (Å²) in [4.78, 5) is 20.8. The molecule has 3 aromatic heterocycles.